The van der Waals surface area contributed by atoms with Gasteiger partial charge in [0.05, 0.1) is 10.3 Å². The third-order valence-electron chi connectivity index (χ3n) is 2.35. The van der Waals surface area contributed by atoms with Crippen molar-refractivity contribution < 1.29 is 0 Å². The minimum absolute atomic E-state index is 0.268. The molecule has 0 saturated carbocycles. The standard InChI is InChI=1S/C12H15BrN4S/c1-7(2)12-16-10(14)5-11(17-12)15-6-8-3-4-9(13)18-8/h3-5,7H,6H2,1-2H3,(H3,14,15,16,17). The number of anilines is 2. The molecule has 2 heterocycles. The monoisotopic (exact) mass is 326 g/mol. The Balaban J connectivity index is 2.09. The molecule has 2 rings (SSSR count). The molecule has 0 aromatic carbocycles. The van der Waals surface area contributed by atoms with Gasteiger partial charge in [0, 0.05) is 16.9 Å². The molecule has 2 aromatic rings. The van der Waals surface area contributed by atoms with Crippen LogP contribution in [-0.4, -0.2) is 9.97 Å². The Morgan fingerprint density at radius 3 is 2.78 bits per heavy atom. The number of nitrogen functional groups attached to an aromatic ring is 1. The molecule has 0 spiro atoms. The molecule has 0 aliphatic heterocycles. The van der Waals surface area contributed by atoms with E-state index in [2.05, 4.69) is 51.1 Å². The van der Waals surface area contributed by atoms with E-state index in [0.29, 0.717) is 5.82 Å². The molecule has 0 saturated heterocycles. The first-order chi connectivity index (χ1) is 8.54. The van der Waals surface area contributed by atoms with Gasteiger partial charge in [-0.25, -0.2) is 9.97 Å². The number of aromatic nitrogens is 2. The van der Waals surface area contributed by atoms with Gasteiger partial charge >= 0.3 is 0 Å². The molecule has 4 nitrogen and oxygen atoms in total. The highest BCUT2D eigenvalue weighted by molar-refractivity contribution is 9.11. The maximum atomic E-state index is 5.77. The minimum atomic E-state index is 0.268. The normalized spacial score (nSPS) is 10.9. The highest BCUT2D eigenvalue weighted by Crippen LogP contribution is 2.23. The average molecular weight is 327 g/mol. The summed E-state index contributed by atoms with van der Waals surface area (Å²) >= 11 is 5.15. The molecular formula is C12H15BrN4S. The number of nitrogens with one attached hydrogen (secondary N) is 1. The molecule has 6 heteroatoms. The second-order valence-electron chi connectivity index (χ2n) is 4.25. The van der Waals surface area contributed by atoms with Gasteiger partial charge in [-0.2, -0.15) is 0 Å². The predicted octanol–water partition coefficient (Wildman–Crippen LogP) is 3.62. The quantitative estimate of drug-likeness (QED) is 0.900. The van der Waals surface area contributed by atoms with Crippen molar-refractivity contribution in [1.29, 1.82) is 0 Å². The number of nitrogens with zero attached hydrogens (tertiary/aromatic N) is 2. The molecule has 0 aliphatic rings. The number of hydrogen-bond acceptors (Lipinski definition) is 5. The average Bonchev–Trinajstić information content (AvgIpc) is 2.72. The number of hydrogen-bond donors (Lipinski definition) is 2. The SMILES string of the molecule is CC(C)c1nc(N)cc(NCc2ccc(Br)s2)n1. The topological polar surface area (TPSA) is 63.8 Å². The second kappa shape index (κ2) is 5.67. The van der Waals surface area contributed by atoms with Crippen LogP contribution in [0.5, 0.6) is 0 Å². The highest BCUT2D eigenvalue weighted by Gasteiger charge is 2.06. The molecule has 2 aromatic heterocycles. The molecule has 0 aliphatic carbocycles. The van der Waals surface area contributed by atoms with Crippen LogP contribution in [0.15, 0.2) is 22.0 Å². The minimum Gasteiger partial charge on any atom is -0.384 e. The van der Waals surface area contributed by atoms with E-state index in [9.17, 15) is 0 Å². The van der Waals surface area contributed by atoms with Crippen molar-refractivity contribution >= 4 is 38.9 Å². The summed E-state index contributed by atoms with van der Waals surface area (Å²) in [6, 6.07) is 5.87. The number of rotatable bonds is 4. The fourth-order valence-corrected chi connectivity index (χ4v) is 2.88. The van der Waals surface area contributed by atoms with Crippen molar-refractivity contribution in [3.63, 3.8) is 0 Å². The van der Waals surface area contributed by atoms with Crippen LogP contribution in [0.4, 0.5) is 11.6 Å². The Hall–Kier alpha value is -1.14. The van der Waals surface area contributed by atoms with Crippen molar-refractivity contribution in [1.82, 2.24) is 9.97 Å². The van der Waals surface area contributed by atoms with Crippen molar-refractivity contribution in [2.45, 2.75) is 26.3 Å². The summed E-state index contributed by atoms with van der Waals surface area (Å²) in [5, 5.41) is 3.27. The Morgan fingerprint density at radius 1 is 1.39 bits per heavy atom. The largest absolute Gasteiger partial charge is 0.384 e. The number of halogens is 1. The first-order valence-electron chi connectivity index (χ1n) is 5.67. The van der Waals surface area contributed by atoms with Crippen LogP contribution in [0.25, 0.3) is 0 Å². The smallest absolute Gasteiger partial charge is 0.135 e. The molecule has 0 unspecified atom stereocenters. The van der Waals surface area contributed by atoms with Crippen LogP contribution in [0.1, 0.15) is 30.5 Å². The Morgan fingerprint density at radius 2 is 2.17 bits per heavy atom. The summed E-state index contributed by atoms with van der Waals surface area (Å²) in [5.74, 6) is 2.31. The van der Waals surface area contributed by atoms with Crippen LogP contribution in [-0.2, 0) is 6.54 Å². The zero-order chi connectivity index (χ0) is 13.1. The molecule has 0 amide bonds. The van der Waals surface area contributed by atoms with E-state index in [1.165, 1.54) is 4.88 Å². The van der Waals surface area contributed by atoms with E-state index in [1.54, 1.807) is 17.4 Å². The summed E-state index contributed by atoms with van der Waals surface area (Å²) in [7, 11) is 0. The highest BCUT2D eigenvalue weighted by atomic mass is 79.9. The lowest BCUT2D eigenvalue weighted by molar-refractivity contribution is 0.777. The summed E-state index contributed by atoms with van der Waals surface area (Å²) in [4.78, 5) is 9.90. The molecule has 96 valence electrons. The van der Waals surface area contributed by atoms with Gasteiger partial charge in [-0.3, -0.25) is 0 Å². The Kier molecular flexibility index (Phi) is 4.19. The van der Waals surface area contributed by atoms with Gasteiger partial charge in [0.2, 0.25) is 0 Å². The zero-order valence-electron chi connectivity index (χ0n) is 10.3. The van der Waals surface area contributed by atoms with Crippen LogP contribution in [0, 0.1) is 0 Å². The lowest BCUT2D eigenvalue weighted by Gasteiger charge is -2.09. The fourth-order valence-electron chi connectivity index (χ4n) is 1.46. The van der Waals surface area contributed by atoms with E-state index in [1.807, 2.05) is 6.07 Å². The van der Waals surface area contributed by atoms with Crippen LogP contribution >= 0.6 is 27.3 Å². The lowest BCUT2D eigenvalue weighted by Crippen LogP contribution is -2.06. The van der Waals surface area contributed by atoms with Gasteiger partial charge in [0.1, 0.15) is 17.5 Å². The molecule has 3 N–H and O–H groups in total. The first kappa shape index (κ1) is 13.3. The van der Waals surface area contributed by atoms with Gasteiger partial charge in [0.25, 0.3) is 0 Å². The maximum Gasteiger partial charge on any atom is 0.135 e. The summed E-state index contributed by atoms with van der Waals surface area (Å²) < 4.78 is 1.13. The summed E-state index contributed by atoms with van der Waals surface area (Å²) in [5.41, 5.74) is 5.77. The van der Waals surface area contributed by atoms with E-state index in [0.717, 1.165) is 22.0 Å². The van der Waals surface area contributed by atoms with E-state index in [-0.39, 0.29) is 5.92 Å². The van der Waals surface area contributed by atoms with E-state index < -0.39 is 0 Å². The molecular weight excluding hydrogens is 312 g/mol. The van der Waals surface area contributed by atoms with Gasteiger partial charge in [0.15, 0.2) is 0 Å². The van der Waals surface area contributed by atoms with Crippen LogP contribution in [0.2, 0.25) is 0 Å². The third kappa shape index (κ3) is 3.43. The molecule has 18 heavy (non-hydrogen) atoms. The lowest BCUT2D eigenvalue weighted by atomic mass is 10.2. The summed E-state index contributed by atoms with van der Waals surface area (Å²) in [6.07, 6.45) is 0. The van der Waals surface area contributed by atoms with Crippen molar-refractivity contribution in [3.8, 4) is 0 Å². The van der Waals surface area contributed by atoms with Gasteiger partial charge in [-0.1, -0.05) is 13.8 Å². The van der Waals surface area contributed by atoms with Crippen molar-refractivity contribution in [3.05, 3.63) is 32.7 Å². The van der Waals surface area contributed by atoms with E-state index >= 15 is 0 Å². The van der Waals surface area contributed by atoms with Gasteiger partial charge < -0.3 is 11.1 Å². The molecule has 0 bridgehead atoms. The Labute approximate surface area is 119 Å². The zero-order valence-corrected chi connectivity index (χ0v) is 12.7. The number of nitrogens with two attached hydrogens (primary N) is 1. The first-order valence-corrected chi connectivity index (χ1v) is 7.28. The maximum absolute atomic E-state index is 5.77. The molecule has 0 atom stereocenters. The Bertz CT molecular complexity index is 539. The number of thiophene rings is 1. The summed E-state index contributed by atoms with van der Waals surface area (Å²) in [6.45, 7) is 4.84. The van der Waals surface area contributed by atoms with Crippen molar-refractivity contribution in [2.75, 3.05) is 11.1 Å². The van der Waals surface area contributed by atoms with E-state index in [4.69, 9.17) is 5.73 Å². The predicted molar refractivity (Wildman–Crippen MR) is 79.9 cm³/mol. The van der Waals surface area contributed by atoms with Crippen LogP contribution < -0.4 is 11.1 Å². The third-order valence-corrected chi connectivity index (χ3v) is 3.98. The van der Waals surface area contributed by atoms with Crippen LogP contribution in [0.3, 0.4) is 0 Å². The van der Waals surface area contributed by atoms with Crippen molar-refractivity contribution in [2.24, 2.45) is 0 Å². The van der Waals surface area contributed by atoms with Gasteiger partial charge in [-0.05, 0) is 28.1 Å². The molecule has 0 radical (unpaired) electrons. The fraction of sp³-hybridized carbons (Fsp3) is 0.333. The van der Waals surface area contributed by atoms with Gasteiger partial charge in [-0.15, -0.1) is 11.3 Å². The molecule has 0 fully saturated rings. The second-order valence-corrected chi connectivity index (χ2v) is 6.80.